The lowest BCUT2D eigenvalue weighted by Gasteiger charge is -2.17. The number of carboxylic acids is 1. The highest BCUT2D eigenvalue weighted by atomic mass is 32.2. The van der Waals surface area contributed by atoms with E-state index in [0.29, 0.717) is 33.2 Å². The summed E-state index contributed by atoms with van der Waals surface area (Å²) < 4.78 is 6.04. The highest BCUT2D eigenvalue weighted by Gasteiger charge is 2.34. The smallest absolute Gasteiger partial charge is 0.335 e. The predicted molar refractivity (Wildman–Crippen MR) is 125 cm³/mol. The molecule has 1 aromatic heterocycles. The summed E-state index contributed by atoms with van der Waals surface area (Å²) in [6.45, 7) is 1.76. The van der Waals surface area contributed by atoms with Crippen LogP contribution in [0.3, 0.4) is 0 Å². The molecule has 0 saturated carbocycles. The molecule has 0 unspecified atom stereocenters. The number of carboxylic acid groups (broad SMARTS) is 1. The molecule has 1 amide bonds. The van der Waals surface area contributed by atoms with Gasteiger partial charge in [0.15, 0.2) is 4.32 Å². The van der Waals surface area contributed by atoms with E-state index in [1.54, 1.807) is 37.3 Å². The van der Waals surface area contributed by atoms with Gasteiger partial charge in [0, 0.05) is 23.8 Å². The molecule has 1 aliphatic rings. The molecule has 3 aromatic rings. The van der Waals surface area contributed by atoms with Gasteiger partial charge in [0.05, 0.1) is 21.1 Å². The summed E-state index contributed by atoms with van der Waals surface area (Å²) in [5, 5.41) is 20.3. The van der Waals surface area contributed by atoms with E-state index < -0.39 is 10.9 Å². The van der Waals surface area contributed by atoms with E-state index in [0.717, 1.165) is 11.8 Å². The van der Waals surface area contributed by atoms with Gasteiger partial charge in [0.2, 0.25) is 0 Å². The highest BCUT2D eigenvalue weighted by Crippen LogP contribution is 2.38. The molecule has 4 rings (SSSR count). The number of anilines is 1. The van der Waals surface area contributed by atoms with Crippen LogP contribution in [0.1, 0.15) is 21.7 Å². The van der Waals surface area contributed by atoms with E-state index in [-0.39, 0.29) is 21.5 Å². The molecule has 32 heavy (non-hydrogen) atoms. The van der Waals surface area contributed by atoms with Gasteiger partial charge in [0.1, 0.15) is 11.5 Å². The molecule has 2 heterocycles. The minimum Gasteiger partial charge on any atom is -0.478 e. The Kier molecular flexibility index (Phi) is 5.64. The first-order valence-electron chi connectivity index (χ1n) is 9.21. The number of nitrogens with zero attached hydrogens (tertiary/aromatic N) is 2. The van der Waals surface area contributed by atoms with Crippen LogP contribution in [0.15, 0.2) is 63.9 Å². The second-order valence-corrected chi connectivity index (χ2v) is 8.51. The van der Waals surface area contributed by atoms with Crippen molar-refractivity contribution in [3.05, 3.63) is 86.5 Å². The molecule has 10 heteroatoms. The Morgan fingerprint density at radius 3 is 2.72 bits per heavy atom. The van der Waals surface area contributed by atoms with Crippen LogP contribution in [-0.4, -0.2) is 26.2 Å². The summed E-state index contributed by atoms with van der Waals surface area (Å²) in [5.74, 6) is -0.695. The van der Waals surface area contributed by atoms with E-state index in [2.05, 4.69) is 0 Å². The third-order valence-electron chi connectivity index (χ3n) is 4.73. The number of hydrogen-bond acceptors (Lipinski definition) is 7. The summed E-state index contributed by atoms with van der Waals surface area (Å²) >= 11 is 6.45. The molecule has 0 radical (unpaired) electrons. The number of carbonyl (C=O) groups is 2. The monoisotopic (exact) mass is 466 g/mol. The van der Waals surface area contributed by atoms with Gasteiger partial charge in [-0.1, -0.05) is 42.2 Å². The minimum absolute atomic E-state index is 0.0521. The van der Waals surface area contributed by atoms with Gasteiger partial charge in [-0.2, -0.15) is 0 Å². The van der Waals surface area contributed by atoms with Crippen LogP contribution in [0.2, 0.25) is 0 Å². The third kappa shape index (κ3) is 4.05. The van der Waals surface area contributed by atoms with Crippen LogP contribution in [0.4, 0.5) is 11.4 Å². The van der Waals surface area contributed by atoms with Crippen molar-refractivity contribution in [1.29, 1.82) is 0 Å². The van der Waals surface area contributed by atoms with Crippen molar-refractivity contribution in [2.45, 2.75) is 6.92 Å². The van der Waals surface area contributed by atoms with Crippen LogP contribution in [0.5, 0.6) is 0 Å². The number of amides is 1. The SMILES string of the molecule is Cc1ccc(C(=O)O)cc1N1C(=O)/C(=C/c2ccc(-c3cccc([N+](=O)[O-])c3)o2)SC1=S. The van der Waals surface area contributed by atoms with E-state index in [4.69, 9.17) is 16.6 Å². The molecule has 0 bridgehead atoms. The van der Waals surface area contributed by atoms with Crippen LogP contribution in [0, 0.1) is 17.0 Å². The number of non-ortho nitro benzene ring substituents is 1. The second kappa shape index (κ2) is 8.40. The number of nitro benzene ring substituents is 1. The minimum atomic E-state index is -1.10. The Hall–Kier alpha value is -3.76. The number of hydrogen-bond donors (Lipinski definition) is 1. The van der Waals surface area contributed by atoms with Crippen molar-refractivity contribution >= 4 is 57.6 Å². The van der Waals surface area contributed by atoms with E-state index >= 15 is 0 Å². The van der Waals surface area contributed by atoms with E-state index in [1.165, 1.54) is 35.2 Å². The fraction of sp³-hybridized carbons (Fsp3) is 0.0455. The number of aromatic carboxylic acids is 1. The number of rotatable bonds is 5. The van der Waals surface area contributed by atoms with Crippen LogP contribution < -0.4 is 4.90 Å². The van der Waals surface area contributed by atoms with Gasteiger partial charge < -0.3 is 9.52 Å². The largest absolute Gasteiger partial charge is 0.478 e. The Morgan fingerprint density at radius 2 is 2.00 bits per heavy atom. The molecule has 1 fully saturated rings. The fourth-order valence-electron chi connectivity index (χ4n) is 3.15. The summed E-state index contributed by atoms with van der Waals surface area (Å²) in [6, 6.07) is 13.9. The van der Waals surface area contributed by atoms with Gasteiger partial charge in [-0.3, -0.25) is 19.8 Å². The summed E-state index contributed by atoms with van der Waals surface area (Å²) in [7, 11) is 0. The lowest BCUT2D eigenvalue weighted by atomic mass is 10.1. The first-order valence-corrected chi connectivity index (χ1v) is 10.4. The molecular formula is C22H14N2O6S2. The lowest BCUT2D eigenvalue weighted by Crippen LogP contribution is -2.28. The Morgan fingerprint density at radius 1 is 1.22 bits per heavy atom. The van der Waals surface area contributed by atoms with Crippen molar-refractivity contribution in [3.63, 3.8) is 0 Å². The molecule has 1 N–H and O–H groups in total. The summed E-state index contributed by atoms with van der Waals surface area (Å²) in [6.07, 6.45) is 1.54. The second-order valence-electron chi connectivity index (χ2n) is 6.83. The zero-order valence-corrected chi connectivity index (χ0v) is 18.1. The number of thiocarbonyl (C=S) groups is 1. The number of aryl methyl sites for hydroxylation is 1. The molecule has 1 aliphatic heterocycles. The molecule has 0 atom stereocenters. The molecule has 0 aliphatic carbocycles. The fourth-order valence-corrected chi connectivity index (χ4v) is 4.41. The van der Waals surface area contributed by atoms with Gasteiger partial charge in [-0.05, 0) is 36.8 Å². The molecule has 160 valence electrons. The zero-order chi connectivity index (χ0) is 23.0. The third-order valence-corrected chi connectivity index (χ3v) is 6.03. The molecule has 0 spiro atoms. The maximum absolute atomic E-state index is 13.0. The average Bonchev–Trinajstić information content (AvgIpc) is 3.33. The summed E-state index contributed by atoms with van der Waals surface area (Å²) in [5.41, 5.74) is 1.65. The maximum atomic E-state index is 13.0. The Labute approximate surface area is 191 Å². The number of thioether (sulfide) groups is 1. The van der Waals surface area contributed by atoms with Crippen LogP contribution >= 0.6 is 24.0 Å². The van der Waals surface area contributed by atoms with Gasteiger partial charge in [-0.15, -0.1) is 0 Å². The van der Waals surface area contributed by atoms with E-state index in [1.807, 2.05) is 0 Å². The normalized spacial score (nSPS) is 14.9. The molecule has 2 aromatic carbocycles. The first-order chi connectivity index (χ1) is 15.2. The van der Waals surface area contributed by atoms with Gasteiger partial charge in [-0.25, -0.2) is 4.79 Å². The van der Waals surface area contributed by atoms with Crippen molar-refractivity contribution in [2.24, 2.45) is 0 Å². The number of benzene rings is 2. The average molecular weight is 466 g/mol. The maximum Gasteiger partial charge on any atom is 0.335 e. The van der Waals surface area contributed by atoms with Crippen molar-refractivity contribution in [3.8, 4) is 11.3 Å². The Bertz CT molecular complexity index is 1330. The zero-order valence-electron chi connectivity index (χ0n) is 16.5. The summed E-state index contributed by atoms with van der Waals surface area (Å²) in [4.78, 5) is 36.5. The predicted octanol–water partition coefficient (Wildman–Crippen LogP) is 5.27. The van der Waals surface area contributed by atoms with Crippen molar-refractivity contribution < 1.29 is 24.0 Å². The molecule has 1 saturated heterocycles. The quantitative estimate of drug-likeness (QED) is 0.234. The lowest BCUT2D eigenvalue weighted by molar-refractivity contribution is -0.384. The number of furan rings is 1. The first kappa shape index (κ1) is 21.5. The van der Waals surface area contributed by atoms with Crippen molar-refractivity contribution in [1.82, 2.24) is 0 Å². The van der Waals surface area contributed by atoms with Crippen LogP contribution in [-0.2, 0) is 4.79 Å². The standard InChI is InChI=1S/C22H14N2O6S2/c1-12-5-6-14(21(26)27)10-17(12)23-20(25)19(32-22(23)31)11-16-7-8-18(30-16)13-3-2-4-15(9-13)24(28)29/h2-11H,1H3,(H,26,27)/b19-11-. The van der Waals surface area contributed by atoms with Gasteiger partial charge >= 0.3 is 5.97 Å². The van der Waals surface area contributed by atoms with Crippen molar-refractivity contribution in [2.75, 3.05) is 4.90 Å². The van der Waals surface area contributed by atoms with Crippen LogP contribution in [0.25, 0.3) is 17.4 Å². The number of carbonyl (C=O) groups excluding carboxylic acids is 1. The van der Waals surface area contributed by atoms with Gasteiger partial charge in [0.25, 0.3) is 11.6 Å². The molecule has 8 nitrogen and oxygen atoms in total. The topological polar surface area (TPSA) is 114 Å². The Balaban J connectivity index is 1.63. The van der Waals surface area contributed by atoms with E-state index in [9.17, 15) is 24.8 Å². The highest BCUT2D eigenvalue weighted by molar-refractivity contribution is 8.27. The number of nitro groups is 1. The molecular weight excluding hydrogens is 452 g/mol.